The van der Waals surface area contributed by atoms with Gasteiger partial charge in [0.15, 0.2) is 5.82 Å². The second-order valence-electron chi connectivity index (χ2n) is 3.12. The van der Waals surface area contributed by atoms with Gasteiger partial charge in [0.2, 0.25) is 4.45 Å². The first-order valence-corrected chi connectivity index (χ1v) is 5.49. The highest BCUT2D eigenvalue weighted by molar-refractivity contribution is 9.10. The fourth-order valence-electron chi connectivity index (χ4n) is 1.22. The second kappa shape index (κ2) is 4.04. The van der Waals surface area contributed by atoms with Gasteiger partial charge < -0.3 is 5.11 Å². The molecule has 0 aliphatic carbocycles. The van der Waals surface area contributed by atoms with Crippen molar-refractivity contribution >= 4 is 39.3 Å². The normalized spacial score (nSPS) is 23.8. The van der Waals surface area contributed by atoms with Crippen LogP contribution in [0.3, 0.4) is 0 Å². The van der Waals surface area contributed by atoms with E-state index < -0.39 is 10.4 Å². The van der Waals surface area contributed by atoms with Crippen LogP contribution < -0.4 is 10.4 Å². The SMILES string of the molecule is O=C(O)C1(Br)C=CN(c2ncccc2Cl)N1. The first-order chi connectivity index (χ1) is 7.53. The summed E-state index contributed by atoms with van der Waals surface area (Å²) < 4.78 is -1.31. The summed E-state index contributed by atoms with van der Waals surface area (Å²) in [6, 6.07) is 3.37. The Morgan fingerprint density at radius 2 is 2.44 bits per heavy atom. The Kier molecular flexibility index (Phi) is 2.88. The minimum atomic E-state index is -1.31. The van der Waals surface area contributed by atoms with Crippen LogP contribution in [0.5, 0.6) is 0 Å². The second-order valence-corrected chi connectivity index (χ2v) is 4.78. The number of hydrogen-bond acceptors (Lipinski definition) is 4. The van der Waals surface area contributed by atoms with Crippen LogP contribution in [0.1, 0.15) is 0 Å². The van der Waals surface area contributed by atoms with Gasteiger partial charge in [0.25, 0.3) is 0 Å². The molecule has 1 aliphatic heterocycles. The van der Waals surface area contributed by atoms with Crippen LogP contribution in [0, 0.1) is 0 Å². The van der Waals surface area contributed by atoms with Gasteiger partial charge in [0, 0.05) is 12.4 Å². The molecule has 0 fully saturated rings. The molecule has 1 aromatic rings. The highest BCUT2D eigenvalue weighted by Gasteiger charge is 2.39. The topological polar surface area (TPSA) is 65.5 Å². The smallest absolute Gasteiger partial charge is 0.340 e. The largest absolute Gasteiger partial charge is 0.479 e. The number of nitrogens with zero attached hydrogens (tertiary/aromatic N) is 2. The lowest BCUT2D eigenvalue weighted by Gasteiger charge is -2.22. The number of rotatable bonds is 2. The van der Waals surface area contributed by atoms with E-state index in [9.17, 15) is 4.79 Å². The van der Waals surface area contributed by atoms with Crippen LogP contribution in [-0.2, 0) is 4.79 Å². The van der Waals surface area contributed by atoms with Crippen molar-refractivity contribution in [3.05, 3.63) is 35.6 Å². The number of nitrogens with one attached hydrogen (secondary N) is 1. The summed E-state index contributed by atoms with van der Waals surface area (Å²) >= 11 is 9.00. The molecule has 16 heavy (non-hydrogen) atoms. The van der Waals surface area contributed by atoms with E-state index in [1.54, 1.807) is 24.5 Å². The fraction of sp³-hybridized carbons (Fsp3) is 0.111. The maximum atomic E-state index is 10.9. The first kappa shape index (κ1) is 11.4. The summed E-state index contributed by atoms with van der Waals surface area (Å²) in [5.41, 5.74) is 2.72. The monoisotopic (exact) mass is 303 g/mol. The molecule has 0 bridgehead atoms. The van der Waals surface area contributed by atoms with E-state index >= 15 is 0 Å². The average molecular weight is 305 g/mol. The molecule has 1 aromatic heterocycles. The lowest BCUT2D eigenvalue weighted by Crippen LogP contribution is -2.48. The quantitative estimate of drug-likeness (QED) is 0.644. The van der Waals surface area contributed by atoms with Gasteiger partial charge in [-0.15, -0.1) is 0 Å². The zero-order chi connectivity index (χ0) is 11.8. The third-order valence-electron chi connectivity index (χ3n) is 2.01. The molecule has 5 nitrogen and oxygen atoms in total. The van der Waals surface area contributed by atoms with Crippen molar-refractivity contribution in [2.24, 2.45) is 0 Å². The molecule has 2 heterocycles. The van der Waals surface area contributed by atoms with Crippen molar-refractivity contribution in [3.63, 3.8) is 0 Å². The molecular weight excluding hydrogens is 297 g/mol. The van der Waals surface area contributed by atoms with Crippen LogP contribution in [0.15, 0.2) is 30.6 Å². The first-order valence-electron chi connectivity index (χ1n) is 4.32. The van der Waals surface area contributed by atoms with Crippen LogP contribution in [0.25, 0.3) is 0 Å². The predicted molar refractivity (Wildman–Crippen MR) is 63.3 cm³/mol. The van der Waals surface area contributed by atoms with E-state index in [1.165, 1.54) is 11.1 Å². The number of aliphatic carboxylic acids is 1. The van der Waals surface area contributed by atoms with Gasteiger partial charge in [0.1, 0.15) is 0 Å². The molecule has 84 valence electrons. The van der Waals surface area contributed by atoms with Crippen molar-refractivity contribution in [1.82, 2.24) is 10.4 Å². The Bertz CT molecular complexity index is 468. The summed E-state index contributed by atoms with van der Waals surface area (Å²) in [6.07, 6.45) is 4.59. The van der Waals surface area contributed by atoms with Crippen LogP contribution >= 0.6 is 27.5 Å². The van der Waals surface area contributed by atoms with Gasteiger partial charge in [-0.05, 0) is 34.1 Å². The maximum absolute atomic E-state index is 10.9. The van der Waals surface area contributed by atoms with Crippen LogP contribution in [0.4, 0.5) is 5.82 Å². The zero-order valence-corrected chi connectivity index (χ0v) is 10.2. The lowest BCUT2D eigenvalue weighted by molar-refractivity contribution is -0.138. The maximum Gasteiger partial charge on any atom is 0.340 e. The standard InChI is InChI=1S/C9H7BrClN3O2/c10-9(8(15)16)3-5-14(13-9)7-6(11)2-1-4-12-7/h1-5,13H,(H,15,16). The van der Waals surface area contributed by atoms with Crippen LogP contribution in [0.2, 0.25) is 5.02 Å². The van der Waals surface area contributed by atoms with Crippen molar-refractivity contribution in [2.75, 3.05) is 5.01 Å². The number of carbonyl (C=O) groups is 1. The fourth-order valence-corrected chi connectivity index (χ4v) is 1.75. The molecule has 0 saturated heterocycles. The molecule has 0 aromatic carbocycles. The van der Waals surface area contributed by atoms with Gasteiger partial charge in [0.05, 0.1) is 5.02 Å². The Hall–Kier alpha value is -1.11. The number of carboxylic acid groups (broad SMARTS) is 1. The number of alkyl halides is 1. The highest BCUT2D eigenvalue weighted by atomic mass is 79.9. The molecule has 2 N–H and O–H groups in total. The Labute approximate surface area is 105 Å². The molecule has 0 radical (unpaired) electrons. The predicted octanol–water partition coefficient (Wildman–Crippen LogP) is 1.75. The van der Waals surface area contributed by atoms with Crippen molar-refractivity contribution in [2.45, 2.75) is 4.45 Å². The number of halogens is 2. The molecule has 1 aliphatic rings. The molecule has 7 heteroatoms. The third-order valence-corrected chi connectivity index (χ3v) is 3.09. The Morgan fingerprint density at radius 1 is 1.69 bits per heavy atom. The summed E-state index contributed by atoms with van der Waals surface area (Å²) in [5.74, 6) is -0.596. The van der Waals surface area contributed by atoms with E-state index in [1.807, 2.05) is 0 Å². The van der Waals surface area contributed by atoms with Crippen molar-refractivity contribution < 1.29 is 9.90 Å². The van der Waals surface area contributed by atoms with Gasteiger partial charge in [-0.3, -0.25) is 5.01 Å². The van der Waals surface area contributed by atoms with E-state index in [0.717, 1.165) is 0 Å². The average Bonchev–Trinajstić information content (AvgIpc) is 2.63. The van der Waals surface area contributed by atoms with E-state index in [2.05, 4.69) is 26.3 Å². The number of pyridine rings is 1. The van der Waals surface area contributed by atoms with E-state index in [0.29, 0.717) is 10.8 Å². The number of carboxylic acids is 1. The van der Waals surface area contributed by atoms with Crippen molar-refractivity contribution in [1.29, 1.82) is 0 Å². The Morgan fingerprint density at radius 3 is 3.00 bits per heavy atom. The molecule has 0 amide bonds. The summed E-state index contributed by atoms with van der Waals surface area (Å²) in [6.45, 7) is 0. The molecular formula is C9H7BrClN3O2. The molecule has 1 unspecified atom stereocenters. The van der Waals surface area contributed by atoms with Gasteiger partial charge >= 0.3 is 5.97 Å². The minimum absolute atomic E-state index is 0.432. The molecule has 1 atom stereocenters. The Balaban J connectivity index is 2.26. The summed E-state index contributed by atoms with van der Waals surface area (Å²) in [4.78, 5) is 15.0. The number of hydrogen-bond donors (Lipinski definition) is 2. The van der Waals surface area contributed by atoms with Gasteiger partial charge in [-0.1, -0.05) is 11.6 Å². The number of hydrazine groups is 1. The third kappa shape index (κ3) is 1.91. The zero-order valence-electron chi connectivity index (χ0n) is 7.89. The minimum Gasteiger partial charge on any atom is -0.479 e. The van der Waals surface area contributed by atoms with Crippen molar-refractivity contribution in [3.8, 4) is 0 Å². The lowest BCUT2D eigenvalue weighted by atomic mass is 10.3. The summed E-state index contributed by atoms with van der Waals surface area (Å²) in [7, 11) is 0. The van der Waals surface area contributed by atoms with Gasteiger partial charge in [-0.2, -0.15) is 5.43 Å². The molecule has 0 spiro atoms. The number of aromatic nitrogens is 1. The molecule has 0 saturated carbocycles. The van der Waals surface area contributed by atoms with E-state index in [4.69, 9.17) is 16.7 Å². The van der Waals surface area contributed by atoms with Crippen LogP contribution in [-0.4, -0.2) is 20.5 Å². The van der Waals surface area contributed by atoms with E-state index in [-0.39, 0.29) is 0 Å². The molecule has 2 rings (SSSR count). The van der Waals surface area contributed by atoms with Gasteiger partial charge in [-0.25, -0.2) is 9.78 Å². The highest BCUT2D eigenvalue weighted by Crippen LogP contribution is 2.29. The summed E-state index contributed by atoms with van der Waals surface area (Å²) in [5, 5.41) is 10.8. The number of anilines is 1.